The second-order valence-electron chi connectivity index (χ2n) is 7.05. The van der Waals surface area contributed by atoms with Gasteiger partial charge in [-0.15, -0.1) is 6.42 Å². The minimum atomic E-state index is -0.974. The van der Waals surface area contributed by atoms with Crippen LogP contribution in [0.2, 0.25) is 0 Å². The number of unbranched alkanes of at least 4 members (excludes halogenated alkanes) is 1. The highest BCUT2D eigenvalue weighted by atomic mass is 16.3. The second-order valence-corrected chi connectivity index (χ2v) is 7.05. The van der Waals surface area contributed by atoms with Crippen molar-refractivity contribution in [1.29, 1.82) is 0 Å². The molecule has 1 atom stereocenters. The fraction of sp³-hybridized carbons (Fsp3) is 0.261. The molecule has 1 unspecified atom stereocenters. The van der Waals surface area contributed by atoms with Crippen LogP contribution in [-0.2, 0) is 4.79 Å². The molecule has 0 radical (unpaired) electrons. The predicted molar refractivity (Wildman–Crippen MR) is 119 cm³/mol. The summed E-state index contributed by atoms with van der Waals surface area (Å²) < 4.78 is 0. The third kappa shape index (κ3) is 6.80. The Hall–Kier alpha value is -4.39. The Bertz CT molecular complexity index is 1060. The minimum absolute atomic E-state index is 0.0357. The zero-order chi connectivity index (χ0) is 24.4. The van der Waals surface area contributed by atoms with E-state index in [-0.39, 0.29) is 30.6 Å². The number of nitrogens with one attached hydrogen (secondary N) is 3. The van der Waals surface area contributed by atoms with Gasteiger partial charge in [0.25, 0.3) is 11.8 Å². The number of phenols is 4. The molecule has 10 heteroatoms. The fourth-order valence-corrected chi connectivity index (χ4v) is 2.97. The smallest absolute Gasteiger partial charge is 0.255 e. The van der Waals surface area contributed by atoms with Crippen LogP contribution >= 0.6 is 0 Å². The van der Waals surface area contributed by atoms with Crippen molar-refractivity contribution < 1.29 is 34.8 Å². The van der Waals surface area contributed by atoms with Crippen molar-refractivity contribution in [2.75, 3.05) is 13.1 Å². The van der Waals surface area contributed by atoms with Crippen LogP contribution < -0.4 is 16.0 Å². The highest BCUT2D eigenvalue weighted by Gasteiger charge is 2.23. The number of amides is 3. The van der Waals surface area contributed by atoms with Crippen LogP contribution in [0.3, 0.4) is 0 Å². The summed E-state index contributed by atoms with van der Waals surface area (Å²) in [7, 11) is 0. The number of para-hydroxylation sites is 2. The van der Waals surface area contributed by atoms with Gasteiger partial charge in [-0.2, -0.15) is 0 Å². The Morgan fingerprint density at radius 2 is 1.42 bits per heavy atom. The number of carbonyl (C=O) groups excluding carboxylic acids is 3. The van der Waals surface area contributed by atoms with Gasteiger partial charge in [0.15, 0.2) is 23.0 Å². The summed E-state index contributed by atoms with van der Waals surface area (Å²) in [6.45, 7) is 0.181. The lowest BCUT2D eigenvalue weighted by Crippen LogP contribution is -2.46. The van der Waals surface area contributed by atoms with Crippen molar-refractivity contribution in [2.45, 2.75) is 25.3 Å². The molecule has 0 aliphatic rings. The SMILES string of the molecule is C#CCNC(=O)C(CCCCNC(=O)c1cccc(O)c1O)NC(=O)c1cccc(O)c1O. The average Bonchev–Trinajstić information content (AvgIpc) is 2.79. The van der Waals surface area contributed by atoms with E-state index in [1.165, 1.54) is 36.4 Å². The molecular formula is C23H25N3O7. The Morgan fingerprint density at radius 1 is 0.848 bits per heavy atom. The van der Waals surface area contributed by atoms with E-state index in [1.54, 1.807) is 0 Å². The van der Waals surface area contributed by atoms with Gasteiger partial charge in [-0.1, -0.05) is 18.1 Å². The van der Waals surface area contributed by atoms with Gasteiger partial charge in [-0.25, -0.2) is 0 Å². The summed E-state index contributed by atoms with van der Waals surface area (Å²) >= 11 is 0. The van der Waals surface area contributed by atoms with Gasteiger partial charge < -0.3 is 36.4 Å². The van der Waals surface area contributed by atoms with Gasteiger partial charge in [0.1, 0.15) is 6.04 Å². The normalized spacial score (nSPS) is 11.1. The standard InChI is InChI=1S/C23H25N3O7/c1-2-12-24-23(33)16(26-22(32)15-8-6-11-18(28)20(15)30)9-3-4-13-25-21(31)14-7-5-10-17(27)19(14)29/h1,5-8,10-11,16,27-30H,3-4,9,12-13H2,(H,24,33)(H,25,31)(H,26,32). The van der Waals surface area contributed by atoms with E-state index in [0.29, 0.717) is 12.8 Å². The monoisotopic (exact) mass is 455 g/mol. The van der Waals surface area contributed by atoms with Crippen molar-refractivity contribution in [3.05, 3.63) is 47.5 Å². The first-order valence-electron chi connectivity index (χ1n) is 10.1. The fourth-order valence-electron chi connectivity index (χ4n) is 2.97. The van der Waals surface area contributed by atoms with Gasteiger partial charge in [0, 0.05) is 6.54 Å². The van der Waals surface area contributed by atoms with Crippen LogP contribution in [0.25, 0.3) is 0 Å². The second kappa shape index (κ2) is 11.9. The van der Waals surface area contributed by atoms with E-state index in [4.69, 9.17) is 6.42 Å². The molecule has 0 aliphatic heterocycles. The number of hydrogen-bond donors (Lipinski definition) is 7. The molecular weight excluding hydrogens is 430 g/mol. The van der Waals surface area contributed by atoms with Crippen LogP contribution in [0, 0.1) is 12.3 Å². The van der Waals surface area contributed by atoms with Crippen LogP contribution in [-0.4, -0.2) is 57.3 Å². The van der Waals surface area contributed by atoms with Crippen molar-refractivity contribution in [3.8, 4) is 35.3 Å². The maximum Gasteiger partial charge on any atom is 0.255 e. The van der Waals surface area contributed by atoms with E-state index < -0.39 is 46.8 Å². The van der Waals surface area contributed by atoms with Crippen molar-refractivity contribution in [3.63, 3.8) is 0 Å². The third-order valence-corrected chi connectivity index (χ3v) is 4.71. The number of aromatic hydroxyl groups is 4. The Balaban J connectivity index is 1.93. The van der Waals surface area contributed by atoms with Crippen molar-refractivity contribution >= 4 is 17.7 Å². The summed E-state index contributed by atoms with van der Waals surface area (Å²) in [5, 5.41) is 46.3. The molecule has 0 aromatic heterocycles. The first-order valence-corrected chi connectivity index (χ1v) is 10.1. The third-order valence-electron chi connectivity index (χ3n) is 4.71. The predicted octanol–water partition coefficient (Wildman–Crippen LogP) is 0.957. The molecule has 0 heterocycles. The minimum Gasteiger partial charge on any atom is -0.504 e. The molecule has 0 aliphatic carbocycles. The summed E-state index contributed by atoms with van der Waals surface area (Å²) in [6.07, 6.45) is 6.22. The van der Waals surface area contributed by atoms with Gasteiger partial charge in [0.2, 0.25) is 5.91 Å². The summed E-state index contributed by atoms with van der Waals surface area (Å²) in [6, 6.07) is 6.96. The van der Waals surface area contributed by atoms with E-state index in [9.17, 15) is 34.8 Å². The molecule has 174 valence electrons. The number of terminal acetylenes is 1. The quantitative estimate of drug-likeness (QED) is 0.159. The van der Waals surface area contributed by atoms with E-state index in [2.05, 4.69) is 21.9 Å². The molecule has 2 aromatic rings. The number of rotatable bonds is 10. The molecule has 0 saturated carbocycles. The van der Waals surface area contributed by atoms with Crippen LogP contribution in [0.5, 0.6) is 23.0 Å². The molecule has 10 nitrogen and oxygen atoms in total. The van der Waals surface area contributed by atoms with Crippen LogP contribution in [0.15, 0.2) is 36.4 Å². The van der Waals surface area contributed by atoms with Gasteiger partial charge >= 0.3 is 0 Å². The zero-order valence-corrected chi connectivity index (χ0v) is 17.7. The lowest BCUT2D eigenvalue weighted by atomic mass is 10.1. The van der Waals surface area contributed by atoms with Gasteiger partial charge in [-0.3, -0.25) is 14.4 Å². The first kappa shape index (κ1) is 24.9. The van der Waals surface area contributed by atoms with Crippen molar-refractivity contribution in [2.24, 2.45) is 0 Å². The molecule has 2 rings (SSSR count). The number of benzene rings is 2. The number of hydrogen-bond acceptors (Lipinski definition) is 7. The molecule has 3 amide bonds. The topological polar surface area (TPSA) is 168 Å². The first-order chi connectivity index (χ1) is 15.8. The van der Waals surface area contributed by atoms with Gasteiger partial charge in [-0.05, 0) is 43.5 Å². The summed E-state index contributed by atoms with van der Waals surface area (Å²) in [4.78, 5) is 37.0. The molecule has 7 N–H and O–H groups in total. The van der Waals surface area contributed by atoms with E-state index in [1.807, 2.05) is 0 Å². The van der Waals surface area contributed by atoms with Crippen LogP contribution in [0.4, 0.5) is 0 Å². The zero-order valence-electron chi connectivity index (χ0n) is 17.7. The molecule has 2 aromatic carbocycles. The van der Waals surface area contributed by atoms with Crippen molar-refractivity contribution in [1.82, 2.24) is 16.0 Å². The maximum absolute atomic E-state index is 12.5. The van der Waals surface area contributed by atoms with Crippen LogP contribution in [0.1, 0.15) is 40.0 Å². The van der Waals surface area contributed by atoms with E-state index >= 15 is 0 Å². The lowest BCUT2D eigenvalue weighted by molar-refractivity contribution is -0.122. The largest absolute Gasteiger partial charge is 0.504 e. The number of phenolic OH excluding ortho intramolecular Hbond substituents is 4. The molecule has 0 saturated heterocycles. The Labute approximate surface area is 190 Å². The molecule has 0 bridgehead atoms. The molecule has 33 heavy (non-hydrogen) atoms. The number of carbonyl (C=O) groups is 3. The highest BCUT2D eigenvalue weighted by Crippen LogP contribution is 2.29. The highest BCUT2D eigenvalue weighted by molar-refractivity contribution is 6.00. The maximum atomic E-state index is 12.5. The summed E-state index contributed by atoms with van der Waals surface area (Å²) in [5.41, 5.74) is -0.261. The Kier molecular flexibility index (Phi) is 8.94. The Morgan fingerprint density at radius 3 is 2.00 bits per heavy atom. The van der Waals surface area contributed by atoms with Gasteiger partial charge in [0.05, 0.1) is 17.7 Å². The molecule has 0 fully saturated rings. The molecule has 0 spiro atoms. The summed E-state index contributed by atoms with van der Waals surface area (Å²) in [5.74, 6) is -1.57. The average molecular weight is 455 g/mol. The van der Waals surface area contributed by atoms with E-state index in [0.717, 1.165) is 0 Å². The lowest BCUT2D eigenvalue weighted by Gasteiger charge is -2.18.